The zero-order valence-electron chi connectivity index (χ0n) is 14.6. The molecule has 3 aromatic rings. The van der Waals surface area contributed by atoms with Gasteiger partial charge in [-0.2, -0.15) is 0 Å². The quantitative estimate of drug-likeness (QED) is 0.740. The van der Waals surface area contributed by atoms with E-state index in [1.165, 1.54) is 11.5 Å². The number of ether oxygens (including phenoxy) is 1. The van der Waals surface area contributed by atoms with E-state index in [-0.39, 0.29) is 11.8 Å². The lowest BCUT2D eigenvalue weighted by atomic mass is 10.1. The van der Waals surface area contributed by atoms with Gasteiger partial charge >= 0.3 is 0 Å². The summed E-state index contributed by atoms with van der Waals surface area (Å²) in [4.78, 5) is 24.4. The second-order valence-corrected chi connectivity index (χ2v) is 6.38. The Morgan fingerprint density at radius 2 is 1.88 bits per heavy atom. The lowest BCUT2D eigenvalue weighted by Crippen LogP contribution is -2.25. The standard InChI is InChI=1S/C20H19ClN2O3/c1-13(24)23-12-18(17-8-5-15(21)11-19(17)23)20(25)22-10-9-14-3-6-16(26-2)7-4-14/h3-8,11-12H,9-10H2,1-2H3,(H,22,25). The van der Waals surface area contributed by atoms with E-state index in [1.54, 1.807) is 31.5 Å². The minimum atomic E-state index is -0.217. The first-order valence-electron chi connectivity index (χ1n) is 8.22. The third kappa shape index (κ3) is 3.73. The number of hydrogen-bond acceptors (Lipinski definition) is 3. The van der Waals surface area contributed by atoms with E-state index in [9.17, 15) is 9.59 Å². The number of amides is 1. The van der Waals surface area contributed by atoms with E-state index in [4.69, 9.17) is 16.3 Å². The molecule has 0 saturated heterocycles. The Morgan fingerprint density at radius 1 is 1.15 bits per heavy atom. The van der Waals surface area contributed by atoms with Crippen LogP contribution in [-0.4, -0.2) is 30.0 Å². The van der Waals surface area contributed by atoms with Crippen LogP contribution >= 0.6 is 11.6 Å². The molecule has 1 amide bonds. The summed E-state index contributed by atoms with van der Waals surface area (Å²) in [5, 5.41) is 4.13. The molecular formula is C20H19ClN2O3. The van der Waals surface area contributed by atoms with Gasteiger partial charge in [-0.05, 0) is 36.2 Å². The van der Waals surface area contributed by atoms with E-state index in [2.05, 4.69) is 5.32 Å². The van der Waals surface area contributed by atoms with Crippen LogP contribution in [0.1, 0.15) is 27.6 Å². The summed E-state index contributed by atoms with van der Waals surface area (Å²) < 4.78 is 6.58. The van der Waals surface area contributed by atoms with Crippen molar-refractivity contribution in [3.05, 3.63) is 64.8 Å². The highest BCUT2D eigenvalue weighted by Gasteiger charge is 2.16. The molecule has 1 aromatic heterocycles. The molecule has 3 rings (SSSR count). The van der Waals surface area contributed by atoms with Gasteiger partial charge in [0.1, 0.15) is 5.75 Å². The van der Waals surface area contributed by atoms with Crippen LogP contribution in [0.15, 0.2) is 48.7 Å². The molecule has 1 N–H and O–H groups in total. The van der Waals surface area contributed by atoms with Crippen LogP contribution in [0, 0.1) is 0 Å². The van der Waals surface area contributed by atoms with Crippen LogP contribution in [0.5, 0.6) is 5.75 Å². The zero-order valence-corrected chi connectivity index (χ0v) is 15.3. The van der Waals surface area contributed by atoms with Crippen LogP contribution in [0.4, 0.5) is 0 Å². The largest absolute Gasteiger partial charge is 0.497 e. The van der Waals surface area contributed by atoms with Crippen molar-refractivity contribution in [1.82, 2.24) is 9.88 Å². The number of nitrogens with one attached hydrogen (secondary N) is 1. The lowest BCUT2D eigenvalue weighted by molar-refractivity contribution is 0.0941. The summed E-state index contributed by atoms with van der Waals surface area (Å²) >= 11 is 6.02. The average molecular weight is 371 g/mol. The topological polar surface area (TPSA) is 60.3 Å². The van der Waals surface area contributed by atoms with E-state index >= 15 is 0 Å². The molecular weight excluding hydrogens is 352 g/mol. The first-order chi connectivity index (χ1) is 12.5. The first kappa shape index (κ1) is 18.0. The fourth-order valence-corrected chi connectivity index (χ4v) is 3.02. The van der Waals surface area contributed by atoms with Crippen molar-refractivity contribution in [3.8, 4) is 5.75 Å². The first-order valence-corrected chi connectivity index (χ1v) is 8.60. The summed E-state index contributed by atoms with van der Waals surface area (Å²) in [6.45, 7) is 1.94. The maximum atomic E-state index is 12.6. The third-order valence-corrected chi connectivity index (χ3v) is 4.44. The predicted molar refractivity (Wildman–Crippen MR) is 102 cm³/mol. The Balaban J connectivity index is 1.74. The second-order valence-electron chi connectivity index (χ2n) is 5.95. The van der Waals surface area contributed by atoms with Gasteiger partial charge in [0.05, 0.1) is 18.2 Å². The molecule has 26 heavy (non-hydrogen) atoms. The highest BCUT2D eigenvalue weighted by atomic mass is 35.5. The van der Waals surface area contributed by atoms with Crippen LogP contribution in [0.3, 0.4) is 0 Å². The molecule has 0 spiro atoms. The highest BCUT2D eigenvalue weighted by Crippen LogP contribution is 2.25. The Bertz CT molecular complexity index is 961. The maximum Gasteiger partial charge on any atom is 0.253 e. The molecule has 0 fully saturated rings. The fraction of sp³-hybridized carbons (Fsp3) is 0.200. The molecule has 0 aliphatic carbocycles. The minimum absolute atomic E-state index is 0.172. The number of hydrogen-bond donors (Lipinski definition) is 1. The van der Waals surface area contributed by atoms with Gasteiger partial charge in [-0.3, -0.25) is 14.2 Å². The van der Waals surface area contributed by atoms with Crippen molar-refractivity contribution in [3.63, 3.8) is 0 Å². The van der Waals surface area contributed by atoms with Crippen LogP contribution in [0.2, 0.25) is 5.02 Å². The maximum absolute atomic E-state index is 12.6. The summed E-state index contributed by atoms with van der Waals surface area (Å²) in [6.07, 6.45) is 2.26. The summed E-state index contributed by atoms with van der Waals surface area (Å²) in [5.41, 5.74) is 2.19. The van der Waals surface area contributed by atoms with Gasteiger partial charge in [0.2, 0.25) is 5.91 Å². The molecule has 0 radical (unpaired) electrons. The molecule has 0 aliphatic rings. The van der Waals surface area contributed by atoms with Gasteiger partial charge in [0.15, 0.2) is 0 Å². The third-order valence-electron chi connectivity index (χ3n) is 4.21. The van der Waals surface area contributed by atoms with E-state index in [1.807, 2.05) is 24.3 Å². The van der Waals surface area contributed by atoms with Gasteiger partial charge in [-0.1, -0.05) is 29.8 Å². The Kier molecular flexibility index (Phi) is 5.28. The molecule has 2 aromatic carbocycles. The summed E-state index contributed by atoms with van der Waals surface area (Å²) in [5.74, 6) is 0.411. The smallest absolute Gasteiger partial charge is 0.253 e. The Hall–Kier alpha value is -2.79. The van der Waals surface area contributed by atoms with Gasteiger partial charge < -0.3 is 10.1 Å². The number of nitrogens with zero attached hydrogens (tertiary/aromatic N) is 1. The van der Waals surface area contributed by atoms with E-state index in [0.29, 0.717) is 34.5 Å². The van der Waals surface area contributed by atoms with Crippen molar-refractivity contribution < 1.29 is 14.3 Å². The molecule has 0 saturated carbocycles. The van der Waals surface area contributed by atoms with Crippen molar-refractivity contribution in [2.45, 2.75) is 13.3 Å². The van der Waals surface area contributed by atoms with Crippen molar-refractivity contribution in [2.24, 2.45) is 0 Å². The van der Waals surface area contributed by atoms with Crippen LogP contribution < -0.4 is 10.1 Å². The molecule has 0 unspecified atom stereocenters. The lowest BCUT2D eigenvalue weighted by Gasteiger charge is -2.06. The Morgan fingerprint density at radius 3 is 2.54 bits per heavy atom. The van der Waals surface area contributed by atoms with Gasteiger partial charge in [-0.25, -0.2) is 0 Å². The number of aromatic nitrogens is 1. The van der Waals surface area contributed by atoms with Crippen molar-refractivity contribution in [1.29, 1.82) is 0 Å². The SMILES string of the molecule is COc1ccc(CCNC(=O)c2cn(C(C)=O)c3cc(Cl)ccc23)cc1. The minimum Gasteiger partial charge on any atom is -0.497 e. The zero-order chi connectivity index (χ0) is 18.7. The normalized spacial score (nSPS) is 10.7. The molecule has 0 atom stereocenters. The molecule has 134 valence electrons. The molecule has 6 heteroatoms. The number of fused-ring (bicyclic) bond motifs is 1. The van der Waals surface area contributed by atoms with Crippen molar-refractivity contribution in [2.75, 3.05) is 13.7 Å². The van der Waals surface area contributed by atoms with Crippen molar-refractivity contribution >= 4 is 34.3 Å². The highest BCUT2D eigenvalue weighted by molar-refractivity contribution is 6.31. The Labute approximate surface area is 156 Å². The number of methoxy groups -OCH3 is 1. The predicted octanol–water partition coefficient (Wildman–Crippen LogP) is 3.94. The number of carbonyl (C=O) groups is 2. The van der Waals surface area contributed by atoms with Gasteiger partial charge in [0.25, 0.3) is 5.91 Å². The summed E-state index contributed by atoms with van der Waals surface area (Å²) in [7, 11) is 1.62. The summed E-state index contributed by atoms with van der Waals surface area (Å²) in [6, 6.07) is 12.9. The van der Waals surface area contributed by atoms with Crippen LogP contribution in [0.25, 0.3) is 10.9 Å². The second kappa shape index (κ2) is 7.62. The fourth-order valence-electron chi connectivity index (χ4n) is 2.85. The molecule has 1 heterocycles. The molecule has 0 aliphatic heterocycles. The molecule has 0 bridgehead atoms. The number of benzene rings is 2. The van der Waals surface area contributed by atoms with E-state index < -0.39 is 0 Å². The van der Waals surface area contributed by atoms with Crippen LogP contribution in [-0.2, 0) is 6.42 Å². The van der Waals surface area contributed by atoms with Gasteiger partial charge in [-0.15, -0.1) is 0 Å². The monoisotopic (exact) mass is 370 g/mol. The average Bonchev–Trinajstić information content (AvgIpc) is 3.01. The number of rotatable bonds is 5. The number of carbonyl (C=O) groups excluding carboxylic acids is 2. The van der Waals surface area contributed by atoms with E-state index in [0.717, 1.165) is 11.3 Å². The van der Waals surface area contributed by atoms with Gasteiger partial charge in [0, 0.05) is 30.1 Å². The molecule has 5 nitrogen and oxygen atoms in total. The number of halogens is 1.